The number of hydrogen-bond donors (Lipinski definition) is 1. The Morgan fingerprint density at radius 3 is 2.00 bits per heavy atom. The van der Waals surface area contributed by atoms with Gasteiger partial charge < -0.3 is 14.6 Å². The number of carboxylic acid groups (broad SMARTS) is 1. The van der Waals surface area contributed by atoms with Crippen molar-refractivity contribution in [3.63, 3.8) is 0 Å². The topological polar surface area (TPSA) is 72.8 Å². The molecule has 0 aromatic heterocycles. The zero-order valence-electron chi connectivity index (χ0n) is 26.2. The van der Waals surface area contributed by atoms with E-state index in [1.807, 2.05) is 20.8 Å². The van der Waals surface area contributed by atoms with Gasteiger partial charge in [0, 0.05) is 5.56 Å². The molecule has 1 aliphatic rings. The van der Waals surface area contributed by atoms with Crippen molar-refractivity contribution in [1.82, 2.24) is 0 Å². The standard InChI is InChI=1S/C33H54O5.Ca/c1-22(2)12-9-13-23(3)14-10-15-24(4)16-11-20-33(8)21-19-28-27(7)31(25(5)26(6)32(28)38-33)37-30(36)18-17-29(34)35;/h22-24H,9-21H2,1-8H3,(H,34,35);/q;+2. The number of rotatable bonds is 16. The van der Waals surface area contributed by atoms with Crippen LogP contribution in [0.4, 0.5) is 0 Å². The van der Waals surface area contributed by atoms with Gasteiger partial charge in [-0.15, -0.1) is 0 Å². The van der Waals surface area contributed by atoms with E-state index in [0.717, 1.165) is 65.0 Å². The molecule has 5 nitrogen and oxygen atoms in total. The summed E-state index contributed by atoms with van der Waals surface area (Å²) in [5.74, 6) is 2.42. The van der Waals surface area contributed by atoms with Crippen molar-refractivity contribution in [2.75, 3.05) is 0 Å². The average molecular weight is 571 g/mol. The van der Waals surface area contributed by atoms with E-state index in [-0.39, 0.29) is 56.2 Å². The van der Waals surface area contributed by atoms with Crippen LogP contribution in [0.15, 0.2) is 0 Å². The summed E-state index contributed by atoms with van der Waals surface area (Å²) in [4.78, 5) is 23.0. The summed E-state index contributed by atoms with van der Waals surface area (Å²) in [6.07, 6.45) is 13.1. The van der Waals surface area contributed by atoms with Crippen molar-refractivity contribution in [3.8, 4) is 11.5 Å². The maximum atomic E-state index is 12.2. The SMILES string of the molecule is Cc1c(C)c2c(c(C)c1OC(=O)CCC(=O)O)CCC(C)(CCCC(C)CCCC(C)CCCC(C)C)O2.[Ca+2]. The van der Waals surface area contributed by atoms with Crippen LogP contribution in [0.3, 0.4) is 0 Å². The summed E-state index contributed by atoms with van der Waals surface area (Å²) in [6, 6.07) is 0. The second-order valence-corrected chi connectivity index (χ2v) is 12.8. The van der Waals surface area contributed by atoms with Gasteiger partial charge >= 0.3 is 49.7 Å². The van der Waals surface area contributed by atoms with E-state index in [9.17, 15) is 9.59 Å². The molecule has 0 saturated heterocycles. The van der Waals surface area contributed by atoms with Crippen LogP contribution in [0, 0.1) is 38.5 Å². The van der Waals surface area contributed by atoms with Gasteiger partial charge in [-0.25, -0.2) is 0 Å². The molecule has 1 N–H and O–H groups in total. The molecule has 3 atom stereocenters. The second-order valence-electron chi connectivity index (χ2n) is 12.8. The average Bonchev–Trinajstić information content (AvgIpc) is 2.83. The van der Waals surface area contributed by atoms with E-state index in [1.54, 1.807) is 0 Å². The van der Waals surface area contributed by atoms with Gasteiger partial charge in [0.2, 0.25) is 0 Å². The molecule has 6 heteroatoms. The molecule has 1 aromatic carbocycles. The van der Waals surface area contributed by atoms with Crippen LogP contribution in [0.25, 0.3) is 0 Å². The molecule has 1 aromatic rings. The summed E-state index contributed by atoms with van der Waals surface area (Å²) in [7, 11) is 0. The van der Waals surface area contributed by atoms with Gasteiger partial charge in [0.25, 0.3) is 0 Å². The number of fused-ring (bicyclic) bond motifs is 1. The number of carboxylic acids is 1. The first-order valence-electron chi connectivity index (χ1n) is 15.1. The third kappa shape index (κ3) is 11.9. The number of ether oxygens (including phenoxy) is 2. The van der Waals surface area contributed by atoms with Crippen LogP contribution in [0.2, 0.25) is 0 Å². The minimum Gasteiger partial charge on any atom is -0.487 e. The molecule has 216 valence electrons. The summed E-state index contributed by atoms with van der Waals surface area (Å²) in [5, 5.41) is 8.85. The first-order valence-corrected chi connectivity index (χ1v) is 15.1. The van der Waals surface area contributed by atoms with Crippen molar-refractivity contribution in [1.29, 1.82) is 0 Å². The van der Waals surface area contributed by atoms with Gasteiger partial charge in [0.15, 0.2) is 0 Å². The smallest absolute Gasteiger partial charge is 0.487 e. The number of carbonyl (C=O) groups excluding carboxylic acids is 1. The van der Waals surface area contributed by atoms with E-state index in [2.05, 4.69) is 34.6 Å². The quantitative estimate of drug-likeness (QED) is 0.122. The normalized spacial score (nSPS) is 18.1. The molecule has 1 aliphatic heterocycles. The van der Waals surface area contributed by atoms with Crippen LogP contribution in [0.1, 0.15) is 134 Å². The molecule has 2 rings (SSSR count). The number of hydrogen-bond acceptors (Lipinski definition) is 4. The molecular weight excluding hydrogens is 516 g/mol. The Kier molecular flexibility index (Phi) is 16.0. The Morgan fingerprint density at radius 2 is 1.44 bits per heavy atom. The van der Waals surface area contributed by atoms with Crippen LogP contribution < -0.4 is 9.47 Å². The Balaban J connectivity index is 0.00000760. The fraction of sp³-hybridized carbons (Fsp3) is 0.758. The third-order valence-corrected chi connectivity index (χ3v) is 8.60. The third-order valence-electron chi connectivity index (χ3n) is 8.60. The second kappa shape index (κ2) is 17.2. The molecule has 1 heterocycles. The molecule has 0 saturated carbocycles. The van der Waals surface area contributed by atoms with Gasteiger partial charge in [-0.3, -0.25) is 9.59 Å². The predicted molar refractivity (Wildman–Crippen MR) is 161 cm³/mol. The summed E-state index contributed by atoms with van der Waals surface area (Å²) in [6.45, 7) is 17.6. The Hall–Kier alpha value is -0.780. The van der Waals surface area contributed by atoms with E-state index in [0.29, 0.717) is 5.75 Å². The largest absolute Gasteiger partial charge is 2.00 e. The Bertz CT molecular complexity index is 941. The first kappa shape index (κ1) is 36.2. The van der Waals surface area contributed by atoms with Gasteiger partial charge in [-0.05, 0) is 87.8 Å². The fourth-order valence-corrected chi connectivity index (χ4v) is 5.79. The van der Waals surface area contributed by atoms with Gasteiger partial charge in [-0.1, -0.05) is 72.6 Å². The molecule has 0 spiro atoms. The summed E-state index contributed by atoms with van der Waals surface area (Å²) in [5.41, 5.74) is 3.76. The first-order chi connectivity index (χ1) is 17.8. The van der Waals surface area contributed by atoms with E-state index >= 15 is 0 Å². The monoisotopic (exact) mass is 570 g/mol. The van der Waals surface area contributed by atoms with Gasteiger partial charge in [0.1, 0.15) is 17.1 Å². The van der Waals surface area contributed by atoms with Crippen molar-refractivity contribution >= 4 is 49.7 Å². The molecular formula is C33H54CaO5+2. The maximum Gasteiger partial charge on any atom is 2.00 e. The van der Waals surface area contributed by atoms with E-state index in [1.165, 1.54) is 51.4 Å². The van der Waals surface area contributed by atoms with Gasteiger partial charge in [-0.2, -0.15) is 0 Å². The number of benzene rings is 1. The number of aliphatic carboxylic acids is 1. The van der Waals surface area contributed by atoms with E-state index < -0.39 is 11.9 Å². The number of esters is 1. The zero-order chi connectivity index (χ0) is 28.5. The molecule has 3 unspecified atom stereocenters. The molecule has 0 aliphatic carbocycles. The molecule has 0 bridgehead atoms. The van der Waals surface area contributed by atoms with Crippen LogP contribution >= 0.6 is 0 Å². The van der Waals surface area contributed by atoms with Crippen LogP contribution in [0.5, 0.6) is 11.5 Å². The molecule has 0 amide bonds. The van der Waals surface area contributed by atoms with E-state index in [4.69, 9.17) is 14.6 Å². The van der Waals surface area contributed by atoms with Crippen LogP contribution in [-0.4, -0.2) is 60.4 Å². The predicted octanol–water partition coefficient (Wildman–Crippen LogP) is 8.52. The van der Waals surface area contributed by atoms with Crippen molar-refractivity contribution in [2.24, 2.45) is 17.8 Å². The fourth-order valence-electron chi connectivity index (χ4n) is 5.79. The maximum absolute atomic E-state index is 12.2. The Labute approximate surface area is 268 Å². The summed E-state index contributed by atoms with van der Waals surface area (Å²) < 4.78 is 12.3. The zero-order valence-corrected chi connectivity index (χ0v) is 28.4. The molecule has 0 fully saturated rings. The van der Waals surface area contributed by atoms with Crippen molar-refractivity contribution in [2.45, 2.75) is 144 Å². The van der Waals surface area contributed by atoms with Crippen molar-refractivity contribution in [3.05, 3.63) is 22.3 Å². The molecule has 0 radical (unpaired) electrons. The minimum absolute atomic E-state index is 0. The van der Waals surface area contributed by atoms with Crippen LogP contribution in [-0.2, 0) is 16.0 Å². The van der Waals surface area contributed by atoms with Gasteiger partial charge in [0.05, 0.1) is 12.8 Å². The summed E-state index contributed by atoms with van der Waals surface area (Å²) >= 11 is 0. The number of carbonyl (C=O) groups is 2. The van der Waals surface area contributed by atoms with Crippen molar-refractivity contribution < 1.29 is 24.2 Å². The Morgan fingerprint density at radius 1 is 0.872 bits per heavy atom. The minimum atomic E-state index is -0.999. The molecule has 39 heavy (non-hydrogen) atoms.